The molecule has 4 aliphatic rings. The van der Waals surface area contributed by atoms with Crippen LogP contribution in [0.5, 0.6) is 0 Å². The molecule has 0 aromatic rings. The molecule has 4 aliphatic carbocycles. The minimum Gasteiger partial charge on any atom is -0.393 e. The van der Waals surface area contributed by atoms with Crippen LogP contribution in [0.3, 0.4) is 0 Å². The second kappa shape index (κ2) is 11.5. The second-order valence-electron chi connectivity index (χ2n) is 14.9. The highest BCUT2D eigenvalue weighted by Gasteiger charge is 2.62. The lowest BCUT2D eigenvalue weighted by molar-refractivity contribution is -0.167. The molecule has 0 amide bonds. The quantitative estimate of drug-likeness (QED) is 0.275. The van der Waals surface area contributed by atoms with Gasteiger partial charge in [-0.25, -0.2) is 0 Å². The summed E-state index contributed by atoms with van der Waals surface area (Å²) in [7, 11) is 0. The van der Waals surface area contributed by atoms with Gasteiger partial charge in [0.25, 0.3) is 0 Å². The zero-order valence-corrected chi connectivity index (χ0v) is 24.7. The Morgan fingerprint density at radius 3 is 2.22 bits per heavy atom. The highest BCUT2D eigenvalue weighted by Crippen LogP contribution is 2.68. The van der Waals surface area contributed by atoms with E-state index in [4.69, 9.17) is 0 Å². The van der Waals surface area contributed by atoms with Crippen molar-refractivity contribution in [1.82, 2.24) is 10.6 Å². The van der Waals surface area contributed by atoms with Gasteiger partial charge < -0.3 is 20.8 Å². The van der Waals surface area contributed by atoms with Gasteiger partial charge in [-0.05, 0) is 116 Å². The van der Waals surface area contributed by atoms with Gasteiger partial charge in [-0.3, -0.25) is 0 Å². The summed E-state index contributed by atoms with van der Waals surface area (Å²) in [4.78, 5) is 0. The molecule has 4 rings (SSSR count). The predicted molar refractivity (Wildman–Crippen MR) is 151 cm³/mol. The Balaban J connectivity index is 1.39. The lowest BCUT2D eigenvalue weighted by atomic mass is 9.43. The van der Waals surface area contributed by atoms with E-state index in [0.29, 0.717) is 58.4 Å². The van der Waals surface area contributed by atoms with Crippen molar-refractivity contribution in [3.63, 3.8) is 0 Å². The van der Waals surface area contributed by atoms with Crippen molar-refractivity contribution in [2.24, 2.45) is 52.3 Å². The van der Waals surface area contributed by atoms with Gasteiger partial charge in [-0.1, -0.05) is 48.5 Å². The minimum absolute atomic E-state index is 0.115. The molecule has 0 bridgehead atoms. The molecule has 11 atom stereocenters. The zero-order valence-electron chi connectivity index (χ0n) is 24.7. The summed E-state index contributed by atoms with van der Waals surface area (Å²) in [5.41, 5.74) is 0.778. The summed E-state index contributed by atoms with van der Waals surface area (Å²) in [5, 5.41) is 29.5. The van der Waals surface area contributed by atoms with E-state index in [0.717, 1.165) is 38.3 Å². The van der Waals surface area contributed by atoms with E-state index in [1.165, 1.54) is 44.9 Å². The van der Waals surface area contributed by atoms with Gasteiger partial charge in [0.05, 0.1) is 12.2 Å². The van der Waals surface area contributed by atoms with Crippen molar-refractivity contribution < 1.29 is 10.2 Å². The van der Waals surface area contributed by atoms with Gasteiger partial charge in [-0.2, -0.15) is 0 Å². The van der Waals surface area contributed by atoms with Gasteiger partial charge in [0.2, 0.25) is 0 Å². The number of aliphatic hydroxyl groups excluding tert-OH is 2. The third kappa shape index (κ3) is 5.58. The molecule has 0 aromatic heterocycles. The van der Waals surface area contributed by atoms with Gasteiger partial charge in [0.15, 0.2) is 0 Å². The maximum atomic E-state index is 11.7. The molecule has 4 saturated carbocycles. The molecule has 0 heterocycles. The molecule has 0 spiro atoms. The molecule has 4 nitrogen and oxygen atoms in total. The number of hydrogen-bond acceptors (Lipinski definition) is 4. The van der Waals surface area contributed by atoms with Crippen molar-refractivity contribution in [2.45, 2.75) is 137 Å². The molecule has 4 unspecified atom stereocenters. The van der Waals surface area contributed by atoms with Crippen LogP contribution in [0.25, 0.3) is 0 Å². The zero-order chi connectivity index (χ0) is 26.3. The van der Waals surface area contributed by atoms with Crippen molar-refractivity contribution in [2.75, 3.05) is 13.1 Å². The number of nitrogens with one attached hydrogen (secondary N) is 2. The molecular formula is C32H60N2O2. The monoisotopic (exact) mass is 504 g/mol. The van der Waals surface area contributed by atoms with Crippen molar-refractivity contribution in [3.8, 4) is 0 Å². The van der Waals surface area contributed by atoms with Gasteiger partial charge in [-0.15, -0.1) is 0 Å². The Bertz CT molecular complexity index is 712. The Kier molecular flexibility index (Phi) is 9.23. The number of hydrogen-bond donors (Lipinski definition) is 4. The van der Waals surface area contributed by atoms with Crippen molar-refractivity contribution >= 4 is 0 Å². The summed E-state index contributed by atoms with van der Waals surface area (Å²) in [6.45, 7) is 18.4. The second-order valence-corrected chi connectivity index (χ2v) is 14.9. The van der Waals surface area contributed by atoms with E-state index in [1.54, 1.807) is 0 Å². The SMILES string of the molecule is CC(C)NCCN[C@@H]1CC[C@]2(C)C3CC[C@@]4(C)C(CCC4[C@H](C)CC[C@@H](O)C(C)C)C3[C@H](O)C[C@H]2C1. The number of rotatable bonds is 10. The van der Waals surface area contributed by atoms with Gasteiger partial charge in [0.1, 0.15) is 0 Å². The predicted octanol–water partition coefficient (Wildman–Crippen LogP) is 6.01. The standard InChI is InChI=1S/C32H60N2O2/c1-20(2)28(35)11-8-22(5)25-9-10-26-30-27(13-15-32(25,26)7)31(6)14-12-24(18-23(31)19-29(30)36)34-17-16-33-21(3)4/h20-30,33-36H,8-19H2,1-7H3/t22-,23-,24-,25?,26?,27?,28-,29-,30?,31+,32-/m1/s1. The molecule has 0 aliphatic heterocycles. The summed E-state index contributed by atoms with van der Waals surface area (Å²) in [6.07, 6.45) is 12.0. The van der Waals surface area contributed by atoms with Crippen LogP contribution in [0.1, 0.15) is 113 Å². The topological polar surface area (TPSA) is 64.5 Å². The summed E-state index contributed by atoms with van der Waals surface area (Å²) in [6, 6.07) is 1.17. The Labute approximate surface area is 223 Å². The average molecular weight is 505 g/mol. The van der Waals surface area contributed by atoms with Crippen molar-refractivity contribution in [1.29, 1.82) is 0 Å². The first kappa shape index (κ1) is 28.8. The summed E-state index contributed by atoms with van der Waals surface area (Å²) < 4.78 is 0. The Morgan fingerprint density at radius 2 is 1.53 bits per heavy atom. The lowest BCUT2D eigenvalue weighted by Gasteiger charge is -2.62. The molecule has 36 heavy (non-hydrogen) atoms. The van der Waals surface area contributed by atoms with E-state index in [2.05, 4.69) is 59.1 Å². The maximum absolute atomic E-state index is 11.7. The fourth-order valence-electron chi connectivity index (χ4n) is 9.99. The first-order chi connectivity index (χ1) is 17.0. The van der Waals surface area contributed by atoms with Crippen LogP contribution in [-0.2, 0) is 0 Å². The van der Waals surface area contributed by atoms with E-state index < -0.39 is 0 Å². The normalized spacial score (nSPS) is 44.2. The summed E-state index contributed by atoms with van der Waals surface area (Å²) >= 11 is 0. The summed E-state index contributed by atoms with van der Waals surface area (Å²) in [5.74, 6) is 4.32. The number of aliphatic hydroxyl groups is 2. The third-order valence-electron chi connectivity index (χ3n) is 12.2. The number of fused-ring (bicyclic) bond motifs is 5. The van der Waals surface area contributed by atoms with Gasteiger partial charge in [0, 0.05) is 25.2 Å². The van der Waals surface area contributed by atoms with Gasteiger partial charge >= 0.3 is 0 Å². The first-order valence-electron chi connectivity index (χ1n) is 15.8. The highest BCUT2D eigenvalue weighted by molar-refractivity contribution is 5.12. The van der Waals surface area contributed by atoms with Crippen LogP contribution in [0.4, 0.5) is 0 Å². The molecular weight excluding hydrogens is 444 g/mol. The van der Waals surface area contributed by atoms with Crippen molar-refractivity contribution in [3.05, 3.63) is 0 Å². The van der Waals surface area contributed by atoms with E-state index in [9.17, 15) is 10.2 Å². The van der Waals surface area contributed by atoms with Crippen LogP contribution in [-0.4, -0.2) is 47.6 Å². The van der Waals surface area contributed by atoms with E-state index >= 15 is 0 Å². The lowest BCUT2D eigenvalue weighted by Crippen LogP contribution is -2.59. The van der Waals surface area contributed by atoms with E-state index in [-0.39, 0.29) is 12.2 Å². The Morgan fingerprint density at radius 1 is 0.833 bits per heavy atom. The molecule has 0 saturated heterocycles. The average Bonchev–Trinajstić information content (AvgIpc) is 3.17. The molecule has 4 heteroatoms. The molecule has 0 aromatic carbocycles. The smallest absolute Gasteiger partial charge is 0.0577 e. The fraction of sp³-hybridized carbons (Fsp3) is 1.00. The largest absolute Gasteiger partial charge is 0.393 e. The highest BCUT2D eigenvalue weighted by atomic mass is 16.3. The maximum Gasteiger partial charge on any atom is 0.0577 e. The molecule has 0 radical (unpaired) electrons. The molecule has 210 valence electrons. The van der Waals surface area contributed by atoms with Crippen LogP contribution < -0.4 is 10.6 Å². The fourth-order valence-corrected chi connectivity index (χ4v) is 9.99. The van der Waals surface area contributed by atoms with E-state index in [1.807, 2.05) is 0 Å². The molecule has 4 fully saturated rings. The van der Waals surface area contributed by atoms with Crippen LogP contribution in [0, 0.1) is 52.3 Å². The van der Waals surface area contributed by atoms with Crippen LogP contribution in [0.15, 0.2) is 0 Å². The third-order valence-corrected chi connectivity index (χ3v) is 12.2. The molecule has 4 N–H and O–H groups in total. The van der Waals surface area contributed by atoms with Crippen LogP contribution >= 0.6 is 0 Å². The van der Waals surface area contributed by atoms with Crippen LogP contribution in [0.2, 0.25) is 0 Å². The minimum atomic E-state index is -0.165. The Hall–Kier alpha value is -0.160. The first-order valence-corrected chi connectivity index (χ1v) is 15.8.